The second-order valence-corrected chi connectivity index (χ2v) is 10.4. The van der Waals surface area contributed by atoms with Crippen LogP contribution in [0, 0.1) is 0 Å². The number of benzene rings is 1. The lowest BCUT2D eigenvalue weighted by molar-refractivity contribution is 0.0198. The number of hydrogen-bond acceptors (Lipinski definition) is 6. The molecule has 4 aromatic heterocycles. The predicted molar refractivity (Wildman–Crippen MR) is 136 cm³/mol. The number of amides is 1. The van der Waals surface area contributed by atoms with Crippen LogP contribution < -0.4 is 0 Å². The zero-order valence-electron chi connectivity index (χ0n) is 19.2. The molecule has 9 heteroatoms. The van der Waals surface area contributed by atoms with Crippen LogP contribution in [0.1, 0.15) is 29.2 Å². The smallest absolute Gasteiger partial charge is 0.255 e. The highest BCUT2D eigenvalue weighted by Crippen LogP contribution is 2.32. The largest absolute Gasteiger partial charge is 0.346 e. The van der Waals surface area contributed by atoms with Gasteiger partial charge in [0.2, 0.25) is 0 Å². The number of fused-ring (bicyclic) bond motifs is 2. The Morgan fingerprint density at radius 2 is 1.89 bits per heavy atom. The summed E-state index contributed by atoms with van der Waals surface area (Å²) in [6.45, 7) is 3.64. The molecular formula is C26H25N7OS. The van der Waals surface area contributed by atoms with E-state index in [0.29, 0.717) is 12.1 Å². The first-order chi connectivity index (χ1) is 17.2. The first kappa shape index (κ1) is 20.8. The van der Waals surface area contributed by atoms with Gasteiger partial charge < -0.3 is 9.88 Å². The highest BCUT2D eigenvalue weighted by molar-refractivity contribution is 7.17. The van der Waals surface area contributed by atoms with Gasteiger partial charge in [-0.25, -0.2) is 9.97 Å². The number of likely N-dealkylation sites (tertiary alicyclic amines) is 2. The normalized spacial score (nSPS) is 17.9. The van der Waals surface area contributed by atoms with Gasteiger partial charge in [-0.1, -0.05) is 18.2 Å². The van der Waals surface area contributed by atoms with Crippen LogP contribution in [0.4, 0.5) is 0 Å². The number of rotatable bonds is 4. The number of nitrogens with zero attached hydrogens (tertiary/aromatic N) is 6. The van der Waals surface area contributed by atoms with Gasteiger partial charge in [-0.15, -0.1) is 11.3 Å². The quantitative estimate of drug-likeness (QED) is 0.414. The van der Waals surface area contributed by atoms with E-state index in [2.05, 4.69) is 48.0 Å². The topological polar surface area (TPSA) is 82.9 Å². The molecule has 176 valence electrons. The Labute approximate surface area is 206 Å². The molecule has 0 spiro atoms. The maximum Gasteiger partial charge on any atom is 0.255 e. The van der Waals surface area contributed by atoms with Crippen LogP contribution in [0.2, 0.25) is 0 Å². The Morgan fingerprint density at radius 1 is 1.03 bits per heavy atom. The monoisotopic (exact) mass is 483 g/mol. The van der Waals surface area contributed by atoms with Gasteiger partial charge in [-0.2, -0.15) is 5.10 Å². The van der Waals surface area contributed by atoms with Crippen molar-refractivity contribution in [3.63, 3.8) is 0 Å². The number of thiophene rings is 1. The molecule has 2 aliphatic heterocycles. The molecule has 8 nitrogen and oxygen atoms in total. The summed E-state index contributed by atoms with van der Waals surface area (Å²) in [6, 6.07) is 11.1. The number of carbonyl (C=O) groups excluding carboxylic acids is 1. The number of nitrogens with one attached hydrogen (secondary N) is 1. The van der Waals surface area contributed by atoms with Gasteiger partial charge in [0.15, 0.2) is 0 Å². The molecule has 35 heavy (non-hydrogen) atoms. The third kappa shape index (κ3) is 3.54. The summed E-state index contributed by atoms with van der Waals surface area (Å²) in [5.74, 6) is 0.174. The molecule has 5 aromatic rings. The number of piperidine rings is 1. The van der Waals surface area contributed by atoms with Gasteiger partial charge in [0, 0.05) is 71.0 Å². The summed E-state index contributed by atoms with van der Waals surface area (Å²) < 4.78 is 3.25. The lowest BCUT2D eigenvalue weighted by atomic mass is 9.97. The number of carbonyl (C=O) groups is 1. The minimum atomic E-state index is 0.174. The summed E-state index contributed by atoms with van der Waals surface area (Å²) in [5.41, 5.74) is 3.62. The summed E-state index contributed by atoms with van der Waals surface area (Å²) in [6.07, 6.45) is 9.53. The molecule has 6 heterocycles. The lowest BCUT2D eigenvalue weighted by Crippen LogP contribution is -2.56. The van der Waals surface area contributed by atoms with Crippen LogP contribution in [0.5, 0.6) is 0 Å². The number of H-pyrrole nitrogens is 1. The summed E-state index contributed by atoms with van der Waals surface area (Å²) in [7, 11) is 0. The van der Waals surface area contributed by atoms with Crippen molar-refractivity contribution in [2.24, 2.45) is 0 Å². The van der Waals surface area contributed by atoms with Crippen molar-refractivity contribution in [3.8, 4) is 11.3 Å². The van der Waals surface area contributed by atoms with Crippen molar-refractivity contribution < 1.29 is 4.79 Å². The molecule has 0 bridgehead atoms. The molecule has 0 aliphatic carbocycles. The zero-order valence-corrected chi connectivity index (χ0v) is 20.0. The van der Waals surface area contributed by atoms with Crippen LogP contribution in [0.3, 0.4) is 0 Å². The van der Waals surface area contributed by atoms with Gasteiger partial charge >= 0.3 is 0 Å². The van der Waals surface area contributed by atoms with Gasteiger partial charge in [-0.3, -0.25) is 14.4 Å². The minimum absolute atomic E-state index is 0.174. The Hall–Kier alpha value is -3.56. The molecule has 1 amide bonds. The van der Waals surface area contributed by atoms with E-state index in [4.69, 9.17) is 0 Å². The average Bonchev–Trinajstić information content (AvgIpc) is 3.62. The van der Waals surface area contributed by atoms with E-state index in [1.54, 1.807) is 17.7 Å². The first-order valence-electron chi connectivity index (χ1n) is 12.1. The predicted octanol–water partition coefficient (Wildman–Crippen LogP) is 4.20. The van der Waals surface area contributed by atoms with Crippen molar-refractivity contribution in [2.75, 3.05) is 26.2 Å². The highest BCUT2D eigenvalue weighted by atomic mass is 32.1. The zero-order chi connectivity index (χ0) is 23.4. The van der Waals surface area contributed by atoms with Crippen LogP contribution in [-0.4, -0.2) is 72.7 Å². The molecule has 1 aromatic carbocycles. The van der Waals surface area contributed by atoms with Gasteiger partial charge in [-0.05, 0) is 25.0 Å². The van der Waals surface area contributed by atoms with Crippen LogP contribution in [-0.2, 0) is 0 Å². The van der Waals surface area contributed by atoms with Crippen molar-refractivity contribution in [3.05, 3.63) is 66.2 Å². The fraction of sp³-hybridized carbons (Fsp3) is 0.308. The third-order valence-corrected chi connectivity index (χ3v) is 8.44. The maximum absolute atomic E-state index is 13.2. The molecular weight excluding hydrogens is 458 g/mol. The molecule has 2 fully saturated rings. The van der Waals surface area contributed by atoms with Crippen molar-refractivity contribution in [1.29, 1.82) is 0 Å². The minimum Gasteiger partial charge on any atom is -0.346 e. The number of hydrogen-bond donors (Lipinski definition) is 1. The molecule has 2 saturated heterocycles. The van der Waals surface area contributed by atoms with Gasteiger partial charge in [0.1, 0.15) is 12.0 Å². The van der Waals surface area contributed by atoms with E-state index in [1.807, 2.05) is 40.9 Å². The Bertz CT molecular complexity index is 1520. The number of aromatic nitrogens is 5. The molecule has 0 radical (unpaired) electrons. The standard InChI is InChI=1S/C26H25N7OS/c34-26(22-15-35-23-4-2-1-3-20(22)23)31-9-6-18(7-10-31)32-13-19(14-32)33-12-17(11-30-33)24-21-5-8-27-25(21)29-16-28-24/h1-5,8,11-12,15-16,18-19H,6-7,9-10,13-14H2,(H,27,28,29). The molecule has 2 aliphatic rings. The van der Waals surface area contributed by atoms with Crippen LogP contribution in [0.15, 0.2) is 60.6 Å². The fourth-order valence-corrected chi connectivity index (χ4v) is 6.40. The molecule has 0 atom stereocenters. The highest BCUT2D eigenvalue weighted by Gasteiger charge is 2.36. The molecule has 1 N–H and O–H groups in total. The van der Waals surface area contributed by atoms with Crippen molar-refractivity contribution in [2.45, 2.75) is 24.9 Å². The Balaban J connectivity index is 0.968. The maximum atomic E-state index is 13.2. The first-order valence-corrected chi connectivity index (χ1v) is 12.9. The molecule has 7 rings (SSSR count). The van der Waals surface area contributed by atoms with Crippen molar-refractivity contribution >= 4 is 38.4 Å². The second-order valence-electron chi connectivity index (χ2n) is 9.45. The summed E-state index contributed by atoms with van der Waals surface area (Å²) in [4.78, 5) is 29.6. The van der Waals surface area contributed by atoms with E-state index in [0.717, 1.165) is 72.3 Å². The Kier molecular flexibility index (Phi) is 4.92. The van der Waals surface area contributed by atoms with E-state index in [1.165, 1.54) is 4.70 Å². The number of aromatic amines is 1. The summed E-state index contributed by atoms with van der Waals surface area (Å²) >= 11 is 1.65. The van der Waals surface area contributed by atoms with Crippen molar-refractivity contribution in [1.82, 2.24) is 34.5 Å². The SMILES string of the molecule is O=C(c1csc2ccccc12)N1CCC(N2CC(n3cc(-c4ncnc5[nH]ccc45)cn3)C2)CC1. The van der Waals surface area contributed by atoms with Crippen LogP contribution >= 0.6 is 11.3 Å². The molecule has 0 unspecified atom stereocenters. The van der Waals surface area contributed by atoms with Crippen LogP contribution in [0.25, 0.3) is 32.4 Å². The average molecular weight is 484 g/mol. The Morgan fingerprint density at radius 3 is 2.77 bits per heavy atom. The lowest BCUT2D eigenvalue weighted by Gasteiger charge is -2.47. The molecule has 0 saturated carbocycles. The van der Waals surface area contributed by atoms with Gasteiger partial charge in [0.25, 0.3) is 5.91 Å². The second kappa shape index (κ2) is 8.28. The van der Waals surface area contributed by atoms with E-state index in [-0.39, 0.29) is 5.91 Å². The fourth-order valence-electron chi connectivity index (χ4n) is 5.46. The summed E-state index contributed by atoms with van der Waals surface area (Å²) in [5, 5.41) is 8.75. The van der Waals surface area contributed by atoms with E-state index >= 15 is 0 Å². The van der Waals surface area contributed by atoms with Gasteiger partial charge in [0.05, 0.1) is 23.5 Å². The van der Waals surface area contributed by atoms with E-state index < -0.39 is 0 Å². The third-order valence-electron chi connectivity index (χ3n) is 7.47. The van der Waals surface area contributed by atoms with E-state index in [9.17, 15) is 4.79 Å².